The predicted octanol–water partition coefficient (Wildman–Crippen LogP) is 1.52. The number of amides is 1. The number of methoxy groups -OCH3 is 2. The highest BCUT2D eigenvalue weighted by Gasteiger charge is 2.23. The molecular weight excluding hydrogens is 389 g/mol. The predicted molar refractivity (Wildman–Crippen MR) is 83.7 cm³/mol. The fourth-order valence-electron chi connectivity index (χ4n) is 1.63. The lowest BCUT2D eigenvalue weighted by atomic mass is 10.1. The van der Waals surface area contributed by atoms with Gasteiger partial charge in [-0.1, -0.05) is 6.07 Å². The molecule has 0 aromatic heterocycles. The summed E-state index contributed by atoms with van der Waals surface area (Å²) in [5, 5.41) is 2.57. The van der Waals surface area contributed by atoms with E-state index in [4.69, 9.17) is 0 Å². The van der Waals surface area contributed by atoms with E-state index >= 15 is 0 Å². The van der Waals surface area contributed by atoms with Crippen molar-refractivity contribution >= 4 is 40.4 Å². The van der Waals surface area contributed by atoms with Gasteiger partial charge < -0.3 is 14.8 Å². The summed E-state index contributed by atoms with van der Waals surface area (Å²) in [5.41, 5.74) is 0.439. The molecule has 21 heavy (non-hydrogen) atoms. The number of ether oxygens (including phenoxy) is 2. The number of hydrogen-bond acceptors (Lipinski definition) is 5. The molecule has 0 saturated carbocycles. The molecule has 1 atom stereocenters. The molecule has 114 valence electrons. The molecule has 1 aromatic rings. The molecule has 1 aromatic carbocycles. The zero-order valence-electron chi connectivity index (χ0n) is 11.7. The molecule has 0 heterocycles. The Labute approximate surface area is 136 Å². The van der Waals surface area contributed by atoms with Crippen molar-refractivity contribution in [3.05, 3.63) is 33.4 Å². The van der Waals surface area contributed by atoms with Crippen molar-refractivity contribution in [2.24, 2.45) is 0 Å². The summed E-state index contributed by atoms with van der Waals surface area (Å²) in [6, 6.07) is 6.06. The molecule has 0 saturated heterocycles. The maximum atomic E-state index is 12.1. The van der Waals surface area contributed by atoms with Gasteiger partial charge in [-0.2, -0.15) is 0 Å². The molecule has 6 nitrogen and oxygen atoms in total. The van der Waals surface area contributed by atoms with Gasteiger partial charge in [-0.15, -0.1) is 0 Å². The minimum absolute atomic E-state index is 0.0167. The second-order valence-electron chi connectivity index (χ2n) is 4.17. The van der Waals surface area contributed by atoms with Gasteiger partial charge in [0.25, 0.3) is 5.91 Å². The van der Waals surface area contributed by atoms with E-state index < -0.39 is 23.9 Å². The van der Waals surface area contributed by atoms with E-state index in [-0.39, 0.29) is 12.8 Å². The highest BCUT2D eigenvalue weighted by Crippen LogP contribution is 2.09. The minimum Gasteiger partial charge on any atom is -0.469 e. The van der Waals surface area contributed by atoms with Gasteiger partial charge in [-0.05, 0) is 47.2 Å². The first-order chi connectivity index (χ1) is 9.97. The molecule has 0 aliphatic carbocycles. The summed E-state index contributed by atoms with van der Waals surface area (Å²) < 4.78 is 10.1. The molecule has 0 unspecified atom stereocenters. The zero-order chi connectivity index (χ0) is 15.8. The number of rotatable bonds is 6. The maximum absolute atomic E-state index is 12.1. The number of hydrogen-bond donors (Lipinski definition) is 1. The second-order valence-corrected chi connectivity index (χ2v) is 5.42. The number of carbonyl (C=O) groups is 3. The lowest BCUT2D eigenvalue weighted by molar-refractivity contribution is -0.144. The number of benzene rings is 1. The van der Waals surface area contributed by atoms with E-state index in [1.54, 1.807) is 18.2 Å². The molecule has 0 aliphatic rings. The third-order valence-electron chi connectivity index (χ3n) is 2.74. The molecule has 7 heteroatoms. The fraction of sp³-hybridized carbons (Fsp3) is 0.357. The van der Waals surface area contributed by atoms with Crippen molar-refractivity contribution < 1.29 is 23.9 Å². The summed E-state index contributed by atoms with van der Waals surface area (Å²) in [4.78, 5) is 34.9. The van der Waals surface area contributed by atoms with Crippen LogP contribution in [0.1, 0.15) is 23.2 Å². The maximum Gasteiger partial charge on any atom is 0.328 e. The fourth-order valence-corrected chi connectivity index (χ4v) is 2.17. The van der Waals surface area contributed by atoms with Gasteiger partial charge in [0.15, 0.2) is 0 Å². The normalized spacial score (nSPS) is 11.4. The largest absolute Gasteiger partial charge is 0.469 e. The van der Waals surface area contributed by atoms with Gasteiger partial charge in [0.1, 0.15) is 6.04 Å². The van der Waals surface area contributed by atoms with Crippen LogP contribution in [0.3, 0.4) is 0 Å². The van der Waals surface area contributed by atoms with Gasteiger partial charge in [0.05, 0.1) is 14.2 Å². The third kappa shape index (κ3) is 5.70. The number of esters is 2. The average molecular weight is 405 g/mol. The number of halogens is 1. The number of nitrogens with one attached hydrogen (secondary N) is 1. The Morgan fingerprint density at radius 3 is 2.52 bits per heavy atom. The summed E-state index contributed by atoms with van der Waals surface area (Å²) in [6.45, 7) is 0. The Hall–Kier alpha value is -1.64. The van der Waals surface area contributed by atoms with Crippen molar-refractivity contribution in [3.63, 3.8) is 0 Å². The summed E-state index contributed by atoms with van der Waals surface area (Å²) >= 11 is 2.09. The Morgan fingerprint density at radius 1 is 1.24 bits per heavy atom. The Bertz CT molecular complexity index is 532. The third-order valence-corrected chi connectivity index (χ3v) is 3.41. The van der Waals surface area contributed by atoms with E-state index in [2.05, 4.69) is 37.4 Å². The van der Waals surface area contributed by atoms with Crippen molar-refractivity contribution in [2.75, 3.05) is 14.2 Å². The average Bonchev–Trinajstić information content (AvgIpc) is 2.49. The lowest BCUT2D eigenvalue weighted by Gasteiger charge is -2.16. The van der Waals surface area contributed by atoms with Crippen molar-refractivity contribution in [2.45, 2.75) is 18.9 Å². The van der Waals surface area contributed by atoms with Crippen molar-refractivity contribution in [1.82, 2.24) is 5.32 Å². The first kappa shape index (κ1) is 17.4. The molecular formula is C14H16INO5. The van der Waals surface area contributed by atoms with Crippen LogP contribution >= 0.6 is 22.6 Å². The van der Waals surface area contributed by atoms with Gasteiger partial charge in [-0.25, -0.2) is 4.79 Å². The lowest BCUT2D eigenvalue weighted by Crippen LogP contribution is -2.41. The van der Waals surface area contributed by atoms with E-state index in [9.17, 15) is 14.4 Å². The van der Waals surface area contributed by atoms with Crippen LogP contribution < -0.4 is 5.32 Å². The van der Waals surface area contributed by atoms with Crippen LogP contribution in [0.15, 0.2) is 24.3 Å². The van der Waals surface area contributed by atoms with Crippen LogP contribution in [-0.4, -0.2) is 38.1 Å². The highest BCUT2D eigenvalue weighted by molar-refractivity contribution is 14.1. The first-order valence-corrected chi connectivity index (χ1v) is 7.27. The summed E-state index contributed by atoms with van der Waals surface area (Å²) in [7, 11) is 2.49. The Kier molecular flexibility index (Phi) is 7.13. The minimum atomic E-state index is -0.889. The molecule has 1 amide bonds. The van der Waals surface area contributed by atoms with Crippen LogP contribution in [0.5, 0.6) is 0 Å². The van der Waals surface area contributed by atoms with Gasteiger partial charge in [0.2, 0.25) is 0 Å². The first-order valence-electron chi connectivity index (χ1n) is 6.19. The quantitative estimate of drug-likeness (QED) is 0.574. The van der Waals surface area contributed by atoms with Crippen molar-refractivity contribution in [3.8, 4) is 0 Å². The zero-order valence-corrected chi connectivity index (χ0v) is 13.9. The Morgan fingerprint density at radius 2 is 1.95 bits per heavy atom. The van der Waals surface area contributed by atoms with Gasteiger partial charge in [0, 0.05) is 15.6 Å². The van der Waals surface area contributed by atoms with E-state index in [1.807, 2.05) is 6.07 Å². The second kappa shape index (κ2) is 8.60. The molecule has 0 spiro atoms. The smallest absolute Gasteiger partial charge is 0.328 e. The van der Waals surface area contributed by atoms with Crippen LogP contribution in [-0.2, 0) is 19.1 Å². The Balaban J connectivity index is 2.73. The molecule has 1 N–H and O–H groups in total. The summed E-state index contributed by atoms with van der Waals surface area (Å²) in [6.07, 6.45) is 0.137. The van der Waals surface area contributed by atoms with Crippen molar-refractivity contribution in [1.29, 1.82) is 0 Å². The van der Waals surface area contributed by atoms with Gasteiger partial charge in [-0.3, -0.25) is 9.59 Å². The van der Waals surface area contributed by atoms with Crippen LogP contribution in [0.2, 0.25) is 0 Å². The van der Waals surface area contributed by atoms with Crippen LogP contribution in [0.25, 0.3) is 0 Å². The monoisotopic (exact) mass is 405 g/mol. The topological polar surface area (TPSA) is 81.7 Å². The number of carbonyl (C=O) groups excluding carboxylic acids is 3. The molecule has 0 fully saturated rings. The van der Waals surface area contributed by atoms with E-state index in [1.165, 1.54) is 14.2 Å². The molecule has 0 radical (unpaired) electrons. The van der Waals surface area contributed by atoms with E-state index in [0.717, 1.165) is 3.57 Å². The van der Waals surface area contributed by atoms with Crippen LogP contribution in [0.4, 0.5) is 0 Å². The van der Waals surface area contributed by atoms with Gasteiger partial charge >= 0.3 is 11.9 Å². The summed E-state index contributed by atoms with van der Waals surface area (Å²) in [5.74, 6) is -1.45. The molecule has 1 rings (SSSR count). The standard InChI is InChI=1S/C14H16INO5/c1-20-12(17)7-6-11(14(19)21-2)16-13(18)9-4-3-5-10(15)8-9/h3-5,8,11H,6-7H2,1-2H3,(H,16,18)/t11-/m1/s1. The SMILES string of the molecule is COC(=O)CC[C@@H](NC(=O)c1cccc(I)c1)C(=O)OC. The van der Waals surface area contributed by atoms with E-state index in [0.29, 0.717) is 5.56 Å². The highest BCUT2D eigenvalue weighted by atomic mass is 127. The molecule has 0 bridgehead atoms. The molecule has 0 aliphatic heterocycles. The van der Waals surface area contributed by atoms with Crippen LogP contribution in [0, 0.1) is 3.57 Å².